The van der Waals surface area contributed by atoms with Gasteiger partial charge in [0.25, 0.3) is 5.91 Å². The molecule has 1 amide bonds. The lowest BCUT2D eigenvalue weighted by Crippen LogP contribution is -2.42. The van der Waals surface area contributed by atoms with Crippen LogP contribution in [0.2, 0.25) is 0 Å². The summed E-state index contributed by atoms with van der Waals surface area (Å²) in [7, 11) is 0. The first-order valence-electron chi connectivity index (χ1n) is 9.05. The van der Waals surface area contributed by atoms with E-state index in [1.807, 2.05) is 48.7 Å². The summed E-state index contributed by atoms with van der Waals surface area (Å²) in [5.74, 6) is -0.396. The largest absolute Gasteiger partial charge is 0.416 e. The Balaban J connectivity index is 1.77. The summed E-state index contributed by atoms with van der Waals surface area (Å²) in [5.41, 5.74) is 1.28. The van der Waals surface area contributed by atoms with Crippen LogP contribution in [0.15, 0.2) is 66.9 Å². The molecule has 3 nitrogen and oxygen atoms in total. The molecule has 144 valence electrons. The fourth-order valence-corrected chi connectivity index (χ4v) is 3.81. The minimum absolute atomic E-state index is 0.0545. The number of carbonyl (C=O) groups is 1. The Bertz CT molecular complexity index is 1010. The van der Waals surface area contributed by atoms with Crippen molar-refractivity contribution in [1.29, 1.82) is 0 Å². The molecule has 0 spiro atoms. The summed E-state index contributed by atoms with van der Waals surface area (Å²) in [6.07, 6.45) is -2.53. The molecule has 6 heteroatoms. The molecule has 0 saturated carbocycles. The topological polar surface area (TPSA) is 25.2 Å². The van der Waals surface area contributed by atoms with Crippen molar-refractivity contribution >= 4 is 5.91 Å². The fraction of sp³-hybridized carbons (Fsp3) is 0.227. The van der Waals surface area contributed by atoms with Gasteiger partial charge in [-0.25, -0.2) is 0 Å². The number of amides is 1. The third-order valence-electron chi connectivity index (χ3n) is 5.20. The SMILES string of the molecule is Cc1ccc(C(=O)N2CCn3cccc3C2c2ccccc2)cc1C(F)(F)F. The summed E-state index contributed by atoms with van der Waals surface area (Å²) >= 11 is 0. The van der Waals surface area contributed by atoms with E-state index in [0.29, 0.717) is 13.1 Å². The van der Waals surface area contributed by atoms with Crippen molar-refractivity contribution in [3.63, 3.8) is 0 Å². The van der Waals surface area contributed by atoms with Gasteiger partial charge in [0.05, 0.1) is 11.6 Å². The van der Waals surface area contributed by atoms with Gasteiger partial charge in [-0.1, -0.05) is 36.4 Å². The smallest absolute Gasteiger partial charge is 0.348 e. The number of alkyl halides is 3. The molecule has 0 aliphatic carbocycles. The van der Waals surface area contributed by atoms with Crippen LogP contribution in [0, 0.1) is 6.92 Å². The zero-order chi connectivity index (χ0) is 19.9. The summed E-state index contributed by atoms with van der Waals surface area (Å²) in [6.45, 7) is 2.43. The van der Waals surface area contributed by atoms with Crippen molar-refractivity contribution in [2.45, 2.75) is 25.7 Å². The molecule has 1 atom stereocenters. The van der Waals surface area contributed by atoms with Gasteiger partial charge in [0.2, 0.25) is 0 Å². The standard InChI is InChI=1S/C22H19F3N2O/c1-15-9-10-17(14-18(15)22(23,24)25)21(28)27-13-12-26-11-5-8-19(26)20(27)16-6-3-2-4-7-16/h2-11,14,20H,12-13H2,1H3. The lowest BCUT2D eigenvalue weighted by Gasteiger charge is -2.37. The molecule has 28 heavy (non-hydrogen) atoms. The maximum absolute atomic E-state index is 13.3. The van der Waals surface area contributed by atoms with E-state index in [1.165, 1.54) is 19.1 Å². The van der Waals surface area contributed by atoms with E-state index < -0.39 is 17.6 Å². The Morgan fingerprint density at radius 2 is 1.75 bits per heavy atom. The van der Waals surface area contributed by atoms with Gasteiger partial charge in [0.1, 0.15) is 0 Å². The van der Waals surface area contributed by atoms with Gasteiger partial charge in [-0.05, 0) is 42.3 Å². The first kappa shape index (κ1) is 18.3. The van der Waals surface area contributed by atoms with E-state index in [2.05, 4.69) is 4.57 Å². The predicted octanol–water partition coefficient (Wildman–Crippen LogP) is 5.06. The Morgan fingerprint density at radius 1 is 1.00 bits per heavy atom. The lowest BCUT2D eigenvalue weighted by molar-refractivity contribution is -0.138. The summed E-state index contributed by atoms with van der Waals surface area (Å²) in [4.78, 5) is 14.9. The minimum Gasteiger partial charge on any atom is -0.348 e. The highest BCUT2D eigenvalue weighted by atomic mass is 19.4. The number of aryl methyl sites for hydroxylation is 1. The van der Waals surface area contributed by atoms with E-state index in [-0.39, 0.29) is 17.2 Å². The number of carbonyl (C=O) groups excluding carboxylic acids is 1. The van der Waals surface area contributed by atoms with Crippen molar-refractivity contribution in [3.8, 4) is 0 Å². The van der Waals surface area contributed by atoms with Crippen LogP contribution in [0.1, 0.15) is 38.8 Å². The third kappa shape index (κ3) is 3.19. The second-order valence-electron chi connectivity index (χ2n) is 6.97. The molecule has 4 rings (SSSR count). The number of hydrogen-bond donors (Lipinski definition) is 0. The van der Waals surface area contributed by atoms with Crippen molar-refractivity contribution in [2.24, 2.45) is 0 Å². The Hall–Kier alpha value is -3.02. The van der Waals surface area contributed by atoms with Crippen molar-refractivity contribution in [1.82, 2.24) is 9.47 Å². The maximum atomic E-state index is 13.3. The van der Waals surface area contributed by atoms with Crippen LogP contribution in [-0.4, -0.2) is 21.9 Å². The monoisotopic (exact) mass is 384 g/mol. The first-order chi connectivity index (χ1) is 13.4. The molecule has 0 fully saturated rings. The molecule has 2 heterocycles. The van der Waals surface area contributed by atoms with Gasteiger partial charge in [-0.3, -0.25) is 4.79 Å². The zero-order valence-electron chi connectivity index (χ0n) is 15.3. The van der Waals surface area contributed by atoms with E-state index in [1.54, 1.807) is 4.90 Å². The third-order valence-corrected chi connectivity index (χ3v) is 5.20. The highest BCUT2D eigenvalue weighted by molar-refractivity contribution is 5.95. The molecule has 2 aromatic carbocycles. The Kier molecular flexibility index (Phi) is 4.49. The van der Waals surface area contributed by atoms with Gasteiger partial charge < -0.3 is 9.47 Å². The minimum atomic E-state index is -4.49. The van der Waals surface area contributed by atoms with Crippen LogP contribution in [-0.2, 0) is 12.7 Å². The number of aromatic nitrogens is 1. The van der Waals surface area contributed by atoms with E-state index in [0.717, 1.165) is 17.3 Å². The number of nitrogens with zero attached hydrogens (tertiary/aromatic N) is 2. The molecular formula is C22H19F3N2O. The average molecular weight is 384 g/mol. The maximum Gasteiger partial charge on any atom is 0.416 e. The second-order valence-corrected chi connectivity index (χ2v) is 6.97. The molecule has 0 bridgehead atoms. The van der Waals surface area contributed by atoms with Crippen molar-refractivity contribution in [2.75, 3.05) is 6.54 Å². The van der Waals surface area contributed by atoms with Crippen LogP contribution in [0.4, 0.5) is 13.2 Å². The summed E-state index contributed by atoms with van der Waals surface area (Å²) in [6, 6.07) is 16.9. The molecule has 1 aromatic heterocycles. The first-order valence-corrected chi connectivity index (χ1v) is 9.05. The van der Waals surface area contributed by atoms with Gasteiger partial charge in [-0.15, -0.1) is 0 Å². The molecule has 1 unspecified atom stereocenters. The molecule has 3 aromatic rings. The van der Waals surface area contributed by atoms with Crippen molar-refractivity contribution < 1.29 is 18.0 Å². The van der Waals surface area contributed by atoms with E-state index in [4.69, 9.17) is 0 Å². The molecular weight excluding hydrogens is 365 g/mol. The Morgan fingerprint density at radius 3 is 2.46 bits per heavy atom. The lowest BCUT2D eigenvalue weighted by atomic mass is 9.98. The Labute approximate surface area is 161 Å². The number of hydrogen-bond acceptors (Lipinski definition) is 1. The van der Waals surface area contributed by atoms with Gasteiger partial charge >= 0.3 is 6.18 Å². The molecule has 1 aliphatic heterocycles. The van der Waals surface area contributed by atoms with Gasteiger partial charge in [0, 0.05) is 30.5 Å². The normalized spacial score (nSPS) is 16.7. The zero-order valence-corrected chi connectivity index (χ0v) is 15.3. The molecule has 0 saturated heterocycles. The van der Waals surface area contributed by atoms with Crippen LogP contribution < -0.4 is 0 Å². The predicted molar refractivity (Wildman–Crippen MR) is 99.9 cm³/mol. The number of halogens is 3. The fourth-order valence-electron chi connectivity index (χ4n) is 3.81. The number of benzene rings is 2. The van der Waals surface area contributed by atoms with Crippen LogP contribution in [0.25, 0.3) is 0 Å². The average Bonchev–Trinajstić information content (AvgIpc) is 3.15. The highest BCUT2D eigenvalue weighted by Gasteiger charge is 2.36. The van der Waals surface area contributed by atoms with E-state index in [9.17, 15) is 18.0 Å². The van der Waals surface area contributed by atoms with E-state index >= 15 is 0 Å². The number of fused-ring (bicyclic) bond motifs is 1. The quantitative estimate of drug-likeness (QED) is 0.606. The second kappa shape index (κ2) is 6.86. The molecule has 0 radical (unpaired) electrons. The van der Waals surface area contributed by atoms with Crippen LogP contribution in [0.5, 0.6) is 0 Å². The summed E-state index contributed by atoms with van der Waals surface area (Å²) in [5, 5.41) is 0. The van der Waals surface area contributed by atoms with Gasteiger partial charge in [0.15, 0.2) is 0 Å². The van der Waals surface area contributed by atoms with Crippen LogP contribution in [0.3, 0.4) is 0 Å². The summed E-state index contributed by atoms with van der Waals surface area (Å²) < 4.78 is 42.0. The van der Waals surface area contributed by atoms with Gasteiger partial charge in [-0.2, -0.15) is 13.2 Å². The number of rotatable bonds is 2. The molecule has 0 N–H and O–H groups in total. The highest BCUT2D eigenvalue weighted by Crippen LogP contribution is 2.35. The van der Waals surface area contributed by atoms with Crippen molar-refractivity contribution in [3.05, 3.63) is 94.8 Å². The van der Waals surface area contributed by atoms with Crippen LogP contribution >= 0.6 is 0 Å². The molecule has 1 aliphatic rings.